The molecule has 0 spiro atoms. The highest BCUT2D eigenvalue weighted by Gasteiger charge is 2.33. The van der Waals surface area contributed by atoms with Crippen LogP contribution in [-0.4, -0.2) is 16.2 Å². The molecule has 0 radical (unpaired) electrons. The van der Waals surface area contributed by atoms with Gasteiger partial charge in [0.1, 0.15) is 0 Å². The summed E-state index contributed by atoms with van der Waals surface area (Å²) in [6.45, 7) is 0. The Kier molecular flexibility index (Phi) is 1.68. The zero-order chi connectivity index (χ0) is 8.72. The third-order valence-electron chi connectivity index (χ3n) is 1.87. The van der Waals surface area contributed by atoms with E-state index in [2.05, 4.69) is 21.1 Å². The molecule has 0 unspecified atom stereocenters. The Morgan fingerprint density at radius 1 is 1.67 bits per heavy atom. The normalized spacial score (nSPS) is 16.4. The van der Waals surface area contributed by atoms with Gasteiger partial charge in [-0.1, -0.05) is 5.16 Å². The van der Waals surface area contributed by atoms with Gasteiger partial charge in [-0.15, -0.1) is 0 Å². The molecule has 0 aromatic carbocycles. The molecule has 12 heavy (non-hydrogen) atoms. The number of halogens is 1. The summed E-state index contributed by atoms with van der Waals surface area (Å²) in [7, 11) is 0. The van der Waals surface area contributed by atoms with Crippen LogP contribution in [0.25, 0.3) is 0 Å². The van der Waals surface area contributed by atoms with E-state index in [0.29, 0.717) is 16.2 Å². The number of hydrogen-bond acceptors (Lipinski definition) is 3. The first-order chi connectivity index (χ1) is 5.70. The zero-order valence-electron chi connectivity index (χ0n) is 6.08. The molecule has 0 bridgehead atoms. The Hall–Kier alpha value is -0.840. The molecule has 1 aliphatic carbocycles. The largest absolute Gasteiger partial charge is 0.476 e. The molecule has 1 aromatic rings. The zero-order valence-corrected chi connectivity index (χ0v) is 7.67. The van der Waals surface area contributed by atoms with Crippen molar-refractivity contribution in [3.8, 4) is 0 Å². The van der Waals surface area contributed by atoms with Gasteiger partial charge in [-0.3, -0.25) is 0 Å². The monoisotopic (exact) mass is 231 g/mol. The SMILES string of the molecule is O=C(O)c1noc(Br)c1C1CC1. The molecular formula is C7H6BrNO3. The van der Waals surface area contributed by atoms with Gasteiger partial charge in [0.2, 0.25) is 4.67 Å². The molecule has 4 nitrogen and oxygen atoms in total. The first-order valence-corrected chi connectivity index (χ1v) is 4.38. The van der Waals surface area contributed by atoms with Crippen molar-refractivity contribution < 1.29 is 14.4 Å². The number of hydrogen-bond donors (Lipinski definition) is 1. The second kappa shape index (κ2) is 2.58. The Morgan fingerprint density at radius 2 is 2.33 bits per heavy atom. The maximum absolute atomic E-state index is 10.6. The van der Waals surface area contributed by atoms with Crippen molar-refractivity contribution in [2.75, 3.05) is 0 Å². The number of carbonyl (C=O) groups is 1. The summed E-state index contributed by atoms with van der Waals surface area (Å²) in [6.07, 6.45) is 2.06. The van der Waals surface area contributed by atoms with Gasteiger partial charge in [-0.2, -0.15) is 0 Å². The van der Waals surface area contributed by atoms with Crippen molar-refractivity contribution in [1.29, 1.82) is 0 Å². The van der Waals surface area contributed by atoms with Gasteiger partial charge in [0.05, 0.1) is 0 Å². The van der Waals surface area contributed by atoms with Crippen molar-refractivity contribution in [3.05, 3.63) is 15.9 Å². The van der Waals surface area contributed by atoms with Crippen LogP contribution in [0.3, 0.4) is 0 Å². The Morgan fingerprint density at radius 3 is 2.83 bits per heavy atom. The third-order valence-corrected chi connectivity index (χ3v) is 2.44. The average molecular weight is 232 g/mol. The Bertz CT molecular complexity index is 329. The van der Waals surface area contributed by atoms with E-state index in [1.54, 1.807) is 0 Å². The second-order valence-electron chi connectivity index (χ2n) is 2.80. The topological polar surface area (TPSA) is 63.3 Å². The fourth-order valence-electron chi connectivity index (χ4n) is 1.16. The van der Waals surface area contributed by atoms with Crippen LogP contribution in [-0.2, 0) is 0 Å². The Labute approximate surface area is 76.7 Å². The van der Waals surface area contributed by atoms with E-state index < -0.39 is 5.97 Å². The van der Waals surface area contributed by atoms with E-state index in [-0.39, 0.29) is 5.69 Å². The molecule has 64 valence electrons. The fourth-order valence-corrected chi connectivity index (χ4v) is 1.74. The fraction of sp³-hybridized carbons (Fsp3) is 0.429. The van der Waals surface area contributed by atoms with Crippen molar-refractivity contribution in [3.63, 3.8) is 0 Å². The molecule has 0 aliphatic heterocycles. The molecular weight excluding hydrogens is 226 g/mol. The number of nitrogens with zero attached hydrogens (tertiary/aromatic N) is 1. The summed E-state index contributed by atoms with van der Waals surface area (Å²) in [5.41, 5.74) is 0.756. The van der Waals surface area contributed by atoms with Crippen LogP contribution >= 0.6 is 15.9 Å². The molecule has 1 fully saturated rings. The highest BCUT2D eigenvalue weighted by molar-refractivity contribution is 9.10. The summed E-state index contributed by atoms with van der Waals surface area (Å²) in [4.78, 5) is 10.6. The molecule has 5 heteroatoms. The van der Waals surface area contributed by atoms with Crippen molar-refractivity contribution in [2.24, 2.45) is 0 Å². The number of carboxylic acids is 1. The second-order valence-corrected chi connectivity index (χ2v) is 3.52. The lowest BCUT2D eigenvalue weighted by Gasteiger charge is -1.91. The van der Waals surface area contributed by atoms with E-state index in [1.165, 1.54) is 0 Å². The van der Waals surface area contributed by atoms with E-state index in [9.17, 15) is 4.79 Å². The molecule has 2 rings (SSSR count). The average Bonchev–Trinajstić information content (AvgIpc) is 2.75. The highest BCUT2D eigenvalue weighted by atomic mass is 79.9. The van der Waals surface area contributed by atoms with Gasteiger partial charge in [0.25, 0.3) is 0 Å². The van der Waals surface area contributed by atoms with Gasteiger partial charge in [0, 0.05) is 5.56 Å². The van der Waals surface area contributed by atoms with Gasteiger partial charge in [-0.05, 0) is 34.7 Å². The lowest BCUT2D eigenvalue weighted by atomic mass is 10.2. The quantitative estimate of drug-likeness (QED) is 0.846. The number of aromatic carboxylic acids is 1. The van der Waals surface area contributed by atoms with Crippen LogP contribution < -0.4 is 0 Å². The lowest BCUT2D eigenvalue weighted by molar-refractivity contribution is 0.0684. The summed E-state index contributed by atoms with van der Waals surface area (Å²) >= 11 is 3.13. The first-order valence-electron chi connectivity index (χ1n) is 3.58. The summed E-state index contributed by atoms with van der Waals surface area (Å²) in [5, 5.41) is 12.2. The molecule has 1 saturated carbocycles. The predicted molar refractivity (Wildman–Crippen MR) is 43.1 cm³/mol. The van der Waals surface area contributed by atoms with E-state index in [1.807, 2.05) is 0 Å². The number of carboxylic acid groups (broad SMARTS) is 1. The minimum Gasteiger partial charge on any atom is -0.476 e. The number of rotatable bonds is 2. The van der Waals surface area contributed by atoms with Crippen molar-refractivity contribution in [1.82, 2.24) is 5.16 Å². The van der Waals surface area contributed by atoms with Crippen molar-refractivity contribution >= 4 is 21.9 Å². The van der Waals surface area contributed by atoms with Crippen LogP contribution in [0.4, 0.5) is 0 Å². The maximum atomic E-state index is 10.6. The number of aromatic nitrogens is 1. The van der Waals surface area contributed by atoms with Gasteiger partial charge < -0.3 is 9.63 Å². The predicted octanol–water partition coefficient (Wildman–Crippen LogP) is 2.01. The van der Waals surface area contributed by atoms with Crippen LogP contribution in [0.5, 0.6) is 0 Å². The molecule has 0 amide bonds. The molecule has 1 aromatic heterocycles. The lowest BCUT2D eigenvalue weighted by Crippen LogP contribution is -2.00. The minimum absolute atomic E-state index is 0.0457. The summed E-state index contributed by atoms with van der Waals surface area (Å²) < 4.78 is 5.20. The van der Waals surface area contributed by atoms with Gasteiger partial charge in [-0.25, -0.2) is 4.79 Å². The van der Waals surface area contributed by atoms with Gasteiger partial charge in [0.15, 0.2) is 5.69 Å². The molecule has 1 heterocycles. The standard InChI is InChI=1S/C7H6BrNO3/c8-6-4(3-1-2-3)5(7(10)11)9-12-6/h3H,1-2H2,(H,10,11). The first kappa shape index (κ1) is 7.79. The van der Waals surface area contributed by atoms with Gasteiger partial charge >= 0.3 is 5.97 Å². The van der Waals surface area contributed by atoms with E-state index in [4.69, 9.17) is 9.63 Å². The molecule has 1 aliphatic rings. The molecule has 1 N–H and O–H groups in total. The van der Waals surface area contributed by atoms with Crippen LogP contribution in [0.15, 0.2) is 9.19 Å². The van der Waals surface area contributed by atoms with E-state index >= 15 is 0 Å². The smallest absolute Gasteiger partial charge is 0.358 e. The molecule has 0 saturated heterocycles. The van der Waals surface area contributed by atoms with Crippen LogP contribution in [0.1, 0.15) is 34.8 Å². The van der Waals surface area contributed by atoms with Crippen LogP contribution in [0, 0.1) is 0 Å². The third kappa shape index (κ3) is 1.14. The summed E-state index contributed by atoms with van der Waals surface area (Å²) in [5.74, 6) is -0.692. The molecule has 0 atom stereocenters. The van der Waals surface area contributed by atoms with Crippen molar-refractivity contribution in [2.45, 2.75) is 18.8 Å². The summed E-state index contributed by atoms with van der Waals surface area (Å²) in [6, 6.07) is 0. The van der Waals surface area contributed by atoms with Crippen LogP contribution in [0.2, 0.25) is 0 Å². The highest BCUT2D eigenvalue weighted by Crippen LogP contribution is 2.44. The van der Waals surface area contributed by atoms with E-state index in [0.717, 1.165) is 12.8 Å². The Balaban J connectivity index is 2.46. The maximum Gasteiger partial charge on any atom is 0.358 e. The minimum atomic E-state index is -1.02.